The summed E-state index contributed by atoms with van der Waals surface area (Å²) in [6.07, 6.45) is 2.06. The minimum Gasteiger partial charge on any atom is -0.748 e. The molecule has 0 aliphatic heterocycles. The van der Waals surface area contributed by atoms with E-state index in [9.17, 15) is 22.6 Å². The first-order valence-electron chi connectivity index (χ1n) is 5.75. The van der Waals surface area contributed by atoms with E-state index in [4.69, 9.17) is 5.11 Å². The summed E-state index contributed by atoms with van der Waals surface area (Å²) in [5, 5.41) is 10.4. The van der Waals surface area contributed by atoms with Crippen LogP contribution < -0.4 is 34.9 Å². The Morgan fingerprint density at radius 3 is 2.14 bits per heavy atom. The third-order valence-corrected chi connectivity index (χ3v) is 2.76. The number of carbonyl (C=O) groups is 2. The quantitative estimate of drug-likeness (QED) is 0.210. The molecule has 10 heteroatoms. The second kappa shape index (κ2) is 12.8. The van der Waals surface area contributed by atoms with Gasteiger partial charge in [-0.25, -0.2) is 13.2 Å². The smallest absolute Gasteiger partial charge is 0.748 e. The molecule has 0 heterocycles. The van der Waals surface area contributed by atoms with E-state index in [1.54, 1.807) is 0 Å². The van der Waals surface area contributed by atoms with Crippen molar-refractivity contribution in [2.75, 3.05) is 19.0 Å². The Bertz CT molecular complexity index is 474. The van der Waals surface area contributed by atoms with Crippen molar-refractivity contribution in [1.82, 2.24) is 5.32 Å². The Labute approximate surface area is 152 Å². The molecule has 0 atom stereocenters. The molecule has 22 heavy (non-hydrogen) atoms. The van der Waals surface area contributed by atoms with Gasteiger partial charge in [0.25, 0.3) is 0 Å². The van der Waals surface area contributed by atoms with Gasteiger partial charge in [0.05, 0.1) is 22.5 Å². The minimum absolute atomic E-state index is 0. The SMILES string of the molecule is C=CC(=O)NC(C)(C)CS(=O)(=O)[O-].C=CC(=O)OCCO.[Na+]. The Morgan fingerprint density at radius 1 is 1.32 bits per heavy atom. The van der Waals surface area contributed by atoms with Gasteiger partial charge in [-0.2, -0.15) is 0 Å². The summed E-state index contributed by atoms with van der Waals surface area (Å²) in [5.74, 6) is -1.65. The molecule has 0 aromatic carbocycles. The predicted octanol–water partition coefficient (Wildman–Crippen LogP) is -3.68. The second-order valence-corrected chi connectivity index (χ2v) is 5.78. The molecule has 2 N–H and O–H groups in total. The van der Waals surface area contributed by atoms with Gasteiger partial charge in [0.15, 0.2) is 0 Å². The number of hydrogen-bond donors (Lipinski definition) is 2. The van der Waals surface area contributed by atoms with Crippen LogP contribution in [0.15, 0.2) is 25.3 Å². The third-order valence-electron chi connectivity index (χ3n) is 1.69. The number of nitrogens with one attached hydrogen (secondary N) is 1. The fraction of sp³-hybridized carbons (Fsp3) is 0.500. The molecule has 8 nitrogen and oxygen atoms in total. The molecule has 0 aromatic rings. The number of aliphatic hydroxyl groups excluding tert-OH is 1. The fourth-order valence-corrected chi connectivity index (χ4v) is 2.02. The van der Waals surface area contributed by atoms with Crippen LogP contribution >= 0.6 is 0 Å². The number of amides is 1. The molecule has 0 bridgehead atoms. The summed E-state index contributed by atoms with van der Waals surface area (Å²) >= 11 is 0. The number of esters is 1. The zero-order valence-corrected chi connectivity index (χ0v) is 15.8. The summed E-state index contributed by atoms with van der Waals surface area (Å²) in [4.78, 5) is 20.9. The van der Waals surface area contributed by atoms with Crippen LogP contribution in [-0.2, 0) is 24.4 Å². The van der Waals surface area contributed by atoms with E-state index in [1.165, 1.54) is 13.8 Å². The molecule has 0 aliphatic carbocycles. The average molecular weight is 345 g/mol. The first-order valence-corrected chi connectivity index (χ1v) is 7.33. The van der Waals surface area contributed by atoms with E-state index in [0.29, 0.717) is 0 Å². The first-order chi connectivity index (χ1) is 9.47. The Morgan fingerprint density at radius 2 is 1.82 bits per heavy atom. The van der Waals surface area contributed by atoms with E-state index < -0.39 is 33.3 Å². The summed E-state index contributed by atoms with van der Waals surface area (Å²) in [5.41, 5.74) is -1.06. The van der Waals surface area contributed by atoms with Gasteiger partial charge in [0.1, 0.15) is 6.61 Å². The van der Waals surface area contributed by atoms with Crippen LogP contribution in [0, 0.1) is 0 Å². The van der Waals surface area contributed by atoms with Crippen molar-refractivity contribution in [3.8, 4) is 0 Å². The first kappa shape index (κ1) is 26.2. The van der Waals surface area contributed by atoms with E-state index in [2.05, 4.69) is 23.2 Å². The van der Waals surface area contributed by atoms with E-state index >= 15 is 0 Å². The van der Waals surface area contributed by atoms with E-state index in [0.717, 1.165) is 12.2 Å². The van der Waals surface area contributed by atoms with Crippen molar-refractivity contribution in [3.63, 3.8) is 0 Å². The Hall–Kier alpha value is -0.710. The van der Waals surface area contributed by atoms with Crippen molar-refractivity contribution in [3.05, 3.63) is 25.3 Å². The third kappa shape index (κ3) is 19.3. The molecule has 0 radical (unpaired) electrons. The average Bonchev–Trinajstić information content (AvgIpc) is 2.32. The maximum atomic E-state index is 10.8. The van der Waals surface area contributed by atoms with Crippen LogP contribution in [0.5, 0.6) is 0 Å². The fourth-order valence-electron chi connectivity index (χ4n) is 1.07. The van der Waals surface area contributed by atoms with Gasteiger partial charge < -0.3 is 19.7 Å². The van der Waals surface area contributed by atoms with Gasteiger partial charge in [0.2, 0.25) is 5.91 Å². The van der Waals surface area contributed by atoms with E-state index in [-0.39, 0.29) is 42.8 Å². The maximum Gasteiger partial charge on any atom is 1.00 e. The molecule has 0 aromatic heterocycles. The van der Waals surface area contributed by atoms with E-state index in [1.807, 2.05) is 0 Å². The van der Waals surface area contributed by atoms with Gasteiger partial charge >= 0.3 is 35.5 Å². The van der Waals surface area contributed by atoms with Crippen molar-refractivity contribution in [2.45, 2.75) is 19.4 Å². The molecule has 0 aliphatic rings. The number of aliphatic hydroxyl groups is 1. The molecule has 0 spiro atoms. The predicted molar refractivity (Wildman–Crippen MR) is 75.2 cm³/mol. The Balaban J connectivity index is -0.000000348. The second-order valence-electron chi connectivity index (χ2n) is 4.37. The van der Waals surface area contributed by atoms with Crippen LogP contribution in [0.2, 0.25) is 0 Å². The molecule has 1 amide bonds. The maximum absolute atomic E-state index is 10.8. The molecule has 0 rings (SSSR count). The zero-order valence-electron chi connectivity index (χ0n) is 13.0. The van der Waals surface area contributed by atoms with Crippen LogP contribution in [0.1, 0.15) is 13.8 Å². The van der Waals surface area contributed by atoms with Gasteiger partial charge in [-0.1, -0.05) is 13.2 Å². The van der Waals surface area contributed by atoms with Crippen LogP contribution in [0.4, 0.5) is 0 Å². The molecule has 0 fully saturated rings. The van der Waals surface area contributed by atoms with Crippen molar-refractivity contribution in [1.29, 1.82) is 0 Å². The van der Waals surface area contributed by atoms with Crippen molar-refractivity contribution < 1.29 is 62.0 Å². The molecule has 122 valence electrons. The monoisotopic (exact) mass is 345 g/mol. The van der Waals surface area contributed by atoms with Crippen LogP contribution in [-0.4, -0.2) is 54.5 Å². The molecular formula is C12H20NNaO7S. The number of hydrogen-bond acceptors (Lipinski definition) is 7. The molecular weight excluding hydrogens is 325 g/mol. The standard InChI is InChI=1S/C7H13NO4S.C5H8O3.Na/c1-4-6(9)8-7(2,3)5-13(10,11)12;1-2-5(7)8-4-3-6;/h4H,1,5H2,2-3H3,(H,8,9)(H,10,11,12);2,6H,1,3-4H2;/q;;+1/p-1. The summed E-state index contributed by atoms with van der Waals surface area (Å²) in [7, 11) is -4.33. The summed E-state index contributed by atoms with van der Waals surface area (Å²) in [6.45, 7) is 9.16. The van der Waals surface area contributed by atoms with Gasteiger partial charge in [0, 0.05) is 11.6 Å². The van der Waals surface area contributed by atoms with Crippen molar-refractivity contribution in [2.24, 2.45) is 0 Å². The Kier molecular flexibility index (Phi) is 15.2. The normalized spacial score (nSPS) is 10.2. The number of rotatable bonds is 7. The van der Waals surface area contributed by atoms with Crippen LogP contribution in [0.3, 0.4) is 0 Å². The van der Waals surface area contributed by atoms with Gasteiger partial charge in [-0.3, -0.25) is 4.79 Å². The molecule has 0 unspecified atom stereocenters. The van der Waals surface area contributed by atoms with Crippen LogP contribution in [0.25, 0.3) is 0 Å². The molecule has 0 saturated carbocycles. The topological polar surface area (TPSA) is 133 Å². The summed E-state index contributed by atoms with van der Waals surface area (Å²) < 4.78 is 35.5. The number of carbonyl (C=O) groups excluding carboxylic acids is 2. The summed E-state index contributed by atoms with van der Waals surface area (Å²) in [6, 6.07) is 0. The van der Waals surface area contributed by atoms with Gasteiger partial charge in [-0.05, 0) is 19.9 Å². The number of ether oxygens (including phenoxy) is 1. The largest absolute Gasteiger partial charge is 1.00 e. The van der Waals surface area contributed by atoms with Gasteiger partial charge in [-0.15, -0.1) is 0 Å². The van der Waals surface area contributed by atoms with Crippen molar-refractivity contribution >= 4 is 22.0 Å². The zero-order chi connectivity index (χ0) is 17.1. The molecule has 0 saturated heterocycles. The minimum atomic E-state index is -4.33.